The first kappa shape index (κ1) is 25.7. The van der Waals surface area contributed by atoms with Crippen molar-refractivity contribution in [2.24, 2.45) is 0 Å². The number of sulfone groups is 1. The van der Waals surface area contributed by atoms with Crippen LogP contribution in [0.3, 0.4) is 0 Å². The zero-order valence-electron chi connectivity index (χ0n) is 18.5. The number of nitrogens with one attached hydrogen (secondary N) is 1. The van der Waals surface area contributed by atoms with Gasteiger partial charge in [-0.3, -0.25) is 10.2 Å². The number of benzene rings is 2. The van der Waals surface area contributed by atoms with Gasteiger partial charge in [0.25, 0.3) is 0 Å². The van der Waals surface area contributed by atoms with E-state index in [1.54, 1.807) is 0 Å². The number of carbonyl (C=O) groups is 1. The minimum Gasteiger partial charge on any atom is -0.457 e. The van der Waals surface area contributed by atoms with Gasteiger partial charge in [0.1, 0.15) is 29.0 Å². The van der Waals surface area contributed by atoms with E-state index < -0.39 is 33.6 Å². The molecule has 0 spiro atoms. The molecule has 0 fully saturated rings. The third-order valence-corrected chi connectivity index (χ3v) is 5.95. The van der Waals surface area contributed by atoms with Crippen molar-refractivity contribution in [3.05, 3.63) is 66.0 Å². The van der Waals surface area contributed by atoms with Gasteiger partial charge in [0.2, 0.25) is 6.41 Å². The Bertz CT molecular complexity index is 1530. The summed E-state index contributed by atoms with van der Waals surface area (Å²) in [5, 5.41) is 9.60. The molecule has 1 aliphatic heterocycles. The Balaban J connectivity index is 1.66. The second-order valence-electron chi connectivity index (χ2n) is 7.47. The third-order valence-electron chi connectivity index (χ3n) is 4.81. The highest BCUT2D eigenvalue weighted by molar-refractivity contribution is 7.90. The van der Waals surface area contributed by atoms with Crippen molar-refractivity contribution < 1.29 is 45.0 Å². The Morgan fingerprint density at radius 3 is 2.51 bits per heavy atom. The molecule has 0 bridgehead atoms. The molecule has 0 saturated carbocycles. The van der Waals surface area contributed by atoms with Crippen molar-refractivity contribution in [1.82, 2.24) is 4.98 Å². The van der Waals surface area contributed by atoms with Crippen LogP contribution in [0.25, 0.3) is 0 Å². The molecule has 0 unspecified atom stereocenters. The third kappa shape index (κ3) is 5.55. The molecular weight excluding hydrogens is 524 g/mol. The summed E-state index contributed by atoms with van der Waals surface area (Å²) < 4.78 is 92.8. The van der Waals surface area contributed by atoms with Crippen LogP contribution in [0.4, 0.5) is 28.9 Å². The molecule has 1 aliphatic rings. The second-order valence-corrected chi connectivity index (χ2v) is 9.46. The van der Waals surface area contributed by atoms with E-state index in [2.05, 4.69) is 19.9 Å². The Hall–Kier alpha value is -4.42. The molecule has 1 N–H and O–H groups in total. The van der Waals surface area contributed by atoms with Crippen molar-refractivity contribution in [2.45, 2.75) is 17.3 Å². The molecule has 1 aromatic heterocycles. The molecule has 0 aliphatic carbocycles. The molecule has 37 heavy (non-hydrogen) atoms. The van der Waals surface area contributed by atoms with Crippen molar-refractivity contribution in [2.75, 3.05) is 16.7 Å². The molecule has 1 amide bonds. The fourth-order valence-electron chi connectivity index (χ4n) is 3.26. The number of rotatable bonds is 7. The number of halogens is 4. The quantitative estimate of drug-likeness (QED) is 0.268. The van der Waals surface area contributed by atoms with E-state index >= 15 is 0 Å². The van der Waals surface area contributed by atoms with Gasteiger partial charge in [-0.1, -0.05) is 0 Å². The van der Waals surface area contributed by atoms with Gasteiger partial charge in [-0.2, -0.15) is 14.0 Å². The van der Waals surface area contributed by atoms with Gasteiger partial charge < -0.3 is 9.47 Å². The molecule has 2 aromatic carbocycles. The van der Waals surface area contributed by atoms with Gasteiger partial charge in [0.15, 0.2) is 9.84 Å². The van der Waals surface area contributed by atoms with E-state index in [0.29, 0.717) is 11.1 Å². The molecule has 0 saturated heterocycles. The van der Waals surface area contributed by atoms with Crippen molar-refractivity contribution in [3.63, 3.8) is 0 Å². The van der Waals surface area contributed by atoms with Crippen LogP contribution in [-0.2, 0) is 25.5 Å². The molecular formula is C22H14F4N4O6S. The standard InChI is InChI=1S/C22H14F4N4O6S/c1-37(32,33)20-10-15(34-16-6-7-28-13(8-16)11-27)3-4-18(20)29-30(12-31)14-2-5-19-17(9-14)21(23,24)36-22(25,26)35-19/h2-10,12,29H,1H3. The number of hydrogen-bond donors (Lipinski definition) is 1. The smallest absolute Gasteiger partial charge is 0.457 e. The lowest BCUT2D eigenvalue weighted by molar-refractivity contribution is -0.461. The minimum atomic E-state index is -4.57. The minimum absolute atomic E-state index is 0.0577. The lowest BCUT2D eigenvalue weighted by Crippen LogP contribution is -2.41. The predicted octanol–water partition coefficient (Wildman–Crippen LogP) is 4.15. The summed E-state index contributed by atoms with van der Waals surface area (Å²) in [7, 11) is -3.94. The van der Waals surface area contributed by atoms with Crippen LogP contribution in [0, 0.1) is 11.3 Å². The molecule has 10 nitrogen and oxygen atoms in total. The fraction of sp³-hybridized carbons (Fsp3) is 0.136. The maximum Gasteiger partial charge on any atom is 0.540 e. The van der Waals surface area contributed by atoms with Crippen LogP contribution in [0.5, 0.6) is 17.2 Å². The number of amides is 1. The normalized spacial score (nSPS) is 15.5. The van der Waals surface area contributed by atoms with Crippen LogP contribution >= 0.6 is 0 Å². The largest absolute Gasteiger partial charge is 0.540 e. The second kappa shape index (κ2) is 9.22. The number of hydrogen-bond acceptors (Lipinski definition) is 9. The number of nitrogens with zero attached hydrogens (tertiary/aromatic N) is 3. The van der Waals surface area contributed by atoms with Crippen LogP contribution in [0.2, 0.25) is 0 Å². The first-order valence-electron chi connectivity index (χ1n) is 10.00. The number of pyridine rings is 1. The van der Waals surface area contributed by atoms with Crippen LogP contribution < -0.4 is 19.9 Å². The predicted molar refractivity (Wildman–Crippen MR) is 118 cm³/mol. The number of hydrazine groups is 1. The fourth-order valence-corrected chi connectivity index (χ4v) is 4.10. The number of nitriles is 1. The highest BCUT2D eigenvalue weighted by atomic mass is 32.2. The van der Waals surface area contributed by atoms with Crippen molar-refractivity contribution in [3.8, 4) is 23.3 Å². The summed E-state index contributed by atoms with van der Waals surface area (Å²) in [5.74, 6) is -0.613. The maximum atomic E-state index is 14.1. The van der Waals surface area contributed by atoms with E-state index in [9.17, 15) is 30.8 Å². The molecule has 0 radical (unpaired) electrons. The SMILES string of the molecule is CS(=O)(=O)c1cc(Oc2ccnc(C#N)c2)ccc1NN(C=O)c1ccc2c(c1)C(F)(F)OC(F)(F)O2. The Kier molecular flexibility index (Phi) is 6.40. The topological polar surface area (TPSA) is 131 Å². The number of ether oxygens (including phenoxy) is 3. The summed E-state index contributed by atoms with van der Waals surface area (Å²) >= 11 is 0. The van der Waals surface area contributed by atoms with Crippen molar-refractivity contribution in [1.29, 1.82) is 5.26 Å². The first-order chi connectivity index (χ1) is 17.3. The van der Waals surface area contributed by atoms with Crippen LogP contribution in [-0.4, -0.2) is 32.4 Å². The average molecular weight is 538 g/mol. The van der Waals surface area contributed by atoms with Gasteiger partial charge in [0, 0.05) is 24.6 Å². The van der Waals surface area contributed by atoms with Crippen molar-refractivity contribution >= 4 is 27.6 Å². The molecule has 3 aromatic rings. The van der Waals surface area contributed by atoms with Crippen LogP contribution in [0.15, 0.2) is 59.6 Å². The number of aromatic nitrogens is 1. The van der Waals surface area contributed by atoms with E-state index in [4.69, 9.17) is 10.00 Å². The first-order valence-corrected chi connectivity index (χ1v) is 11.9. The zero-order chi connectivity index (χ0) is 27.0. The summed E-state index contributed by atoms with van der Waals surface area (Å²) in [6.07, 6.45) is -6.66. The Morgan fingerprint density at radius 1 is 1.11 bits per heavy atom. The molecule has 192 valence electrons. The summed E-state index contributed by atoms with van der Waals surface area (Å²) in [4.78, 5) is 15.2. The van der Waals surface area contributed by atoms with E-state index in [-0.39, 0.29) is 39.9 Å². The van der Waals surface area contributed by atoms with E-state index in [1.807, 2.05) is 6.07 Å². The molecule has 15 heteroatoms. The van der Waals surface area contributed by atoms with Gasteiger partial charge in [-0.25, -0.2) is 23.1 Å². The molecule has 4 rings (SSSR count). The zero-order valence-corrected chi connectivity index (χ0v) is 19.3. The number of fused-ring (bicyclic) bond motifs is 1. The van der Waals surface area contributed by atoms with E-state index in [1.165, 1.54) is 30.5 Å². The lowest BCUT2D eigenvalue weighted by atomic mass is 10.1. The maximum absolute atomic E-state index is 14.1. The summed E-state index contributed by atoms with van der Waals surface area (Å²) in [5.41, 5.74) is 1.06. The highest BCUT2D eigenvalue weighted by Gasteiger charge is 2.54. The van der Waals surface area contributed by atoms with Gasteiger partial charge >= 0.3 is 12.4 Å². The van der Waals surface area contributed by atoms with Gasteiger partial charge in [-0.15, -0.1) is 8.78 Å². The molecule has 0 atom stereocenters. The number of alkyl halides is 4. The Labute approximate surface area is 206 Å². The molecule has 2 heterocycles. The number of carbonyl (C=O) groups excluding carboxylic acids is 1. The van der Waals surface area contributed by atoms with Gasteiger partial charge in [-0.05, 0) is 36.4 Å². The van der Waals surface area contributed by atoms with Gasteiger partial charge in [0.05, 0.1) is 21.8 Å². The summed E-state index contributed by atoms with van der Waals surface area (Å²) in [6.45, 7) is 0. The Morgan fingerprint density at radius 2 is 1.84 bits per heavy atom. The summed E-state index contributed by atoms with van der Waals surface area (Å²) in [6, 6.07) is 10.8. The lowest BCUT2D eigenvalue weighted by Gasteiger charge is -2.31. The van der Waals surface area contributed by atoms with E-state index in [0.717, 1.165) is 24.5 Å². The average Bonchev–Trinajstić information content (AvgIpc) is 2.81. The highest BCUT2D eigenvalue weighted by Crippen LogP contribution is 2.47. The number of anilines is 2. The van der Waals surface area contributed by atoms with Crippen LogP contribution in [0.1, 0.15) is 11.3 Å². The monoisotopic (exact) mass is 538 g/mol.